The van der Waals surface area contributed by atoms with Crippen LogP contribution in [0.5, 0.6) is 0 Å². The summed E-state index contributed by atoms with van der Waals surface area (Å²) < 4.78 is 26.9. The number of benzene rings is 1. The Balaban J connectivity index is 1.78. The molecule has 0 spiro atoms. The molecule has 1 aromatic carbocycles. The Kier molecular flexibility index (Phi) is 2.44. The van der Waals surface area contributed by atoms with Gasteiger partial charge in [-0.1, -0.05) is 0 Å². The largest absolute Gasteiger partial charge is 0.338 e. The van der Waals surface area contributed by atoms with E-state index in [4.69, 9.17) is 5.73 Å². The minimum Gasteiger partial charge on any atom is -0.338 e. The molecule has 4 rings (SSSR count). The summed E-state index contributed by atoms with van der Waals surface area (Å²) in [6.45, 7) is 0. The van der Waals surface area contributed by atoms with Crippen molar-refractivity contribution in [2.24, 2.45) is 5.73 Å². The molecular formula is C14H13F2N5. The molecule has 0 unspecified atom stereocenters. The van der Waals surface area contributed by atoms with Crippen LogP contribution in [0.25, 0.3) is 22.6 Å². The van der Waals surface area contributed by atoms with Crippen molar-refractivity contribution in [3.8, 4) is 11.5 Å². The van der Waals surface area contributed by atoms with Crippen LogP contribution in [-0.2, 0) is 5.54 Å². The first-order chi connectivity index (χ1) is 10.0. The van der Waals surface area contributed by atoms with Gasteiger partial charge in [0.25, 0.3) is 0 Å². The number of fused-ring (bicyclic) bond motifs is 1. The van der Waals surface area contributed by atoms with Gasteiger partial charge >= 0.3 is 0 Å². The van der Waals surface area contributed by atoms with Crippen molar-refractivity contribution in [3.63, 3.8) is 0 Å². The zero-order chi connectivity index (χ0) is 14.6. The number of aromatic amines is 2. The van der Waals surface area contributed by atoms with E-state index >= 15 is 0 Å². The minimum atomic E-state index is -0.693. The van der Waals surface area contributed by atoms with Gasteiger partial charge in [0.1, 0.15) is 22.9 Å². The van der Waals surface area contributed by atoms with E-state index in [9.17, 15) is 8.78 Å². The summed E-state index contributed by atoms with van der Waals surface area (Å²) in [6.07, 6.45) is 4.47. The summed E-state index contributed by atoms with van der Waals surface area (Å²) in [5.41, 5.74) is 6.82. The second-order valence-electron chi connectivity index (χ2n) is 5.52. The Morgan fingerprint density at radius 1 is 1.19 bits per heavy atom. The van der Waals surface area contributed by atoms with Crippen molar-refractivity contribution >= 4 is 11.0 Å². The molecule has 108 valence electrons. The number of nitrogens with two attached hydrogens (primary N) is 1. The molecule has 1 fully saturated rings. The standard InChI is InChI=1S/C14H13F2N5/c15-7-4-8(16)11-9(5-7)19-12(21-11)10-6-18-13(20-10)14(17)2-1-3-14/h4-6H,1-3,17H2,(H,18,20)(H,19,21). The smallest absolute Gasteiger partial charge is 0.156 e. The van der Waals surface area contributed by atoms with E-state index in [2.05, 4.69) is 19.9 Å². The van der Waals surface area contributed by atoms with Crippen LogP contribution in [-0.4, -0.2) is 19.9 Å². The van der Waals surface area contributed by atoms with Gasteiger partial charge in [0.05, 0.1) is 17.3 Å². The van der Waals surface area contributed by atoms with Crippen LogP contribution in [0.2, 0.25) is 0 Å². The van der Waals surface area contributed by atoms with Gasteiger partial charge in [0, 0.05) is 6.07 Å². The van der Waals surface area contributed by atoms with Gasteiger partial charge in [-0.2, -0.15) is 0 Å². The van der Waals surface area contributed by atoms with Crippen LogP contribution in [0.4, 0.5) is 8.78 Å². The topological polar surface area (TPSA) is 83.4 Å². The monoisotopic (exact) mass is 289 g/mol. The lowest BCUT2D eigenvalue weighted by Crippen LogP contribution is -2.44. The molecule has 0 radical (unpaired) electrons. The average molecular weight is 289 g/mol. The maximum absolute atomic E-state index is 13.7. The van der Waals surface area contributed by atoms with E-state index < -0.39 is 17.2 Å². The number of rotatable bonds is 2. The predicted molar refractivity (Wildman–Crippen MR) is 73.3 cm³/mol. The van der Waals surface area contributed by atoms with Gasteiger partial charge in [-0.3, -0.25) is 0 Å². The molecule has 0 aliphatic heterocycles. The zero-order valence-electron chi connectivity index (χ0n) is 11.1. The van der Waals surface area contributed by atoms with Crippen molar-refractivity contribution in [3.05, 3.63) is 35.8 Å². The number of halogens is 2. The highest BCUT2D eigenvalue weighted by molar-refractivity contribution is 5.79. The number of nitrogens with one attached hydrogen (secondary N) is 2. The van der Waals surface area contributed by atoms with Crippen LogP contribution in [0.3, 0.4) is 0 Å². The molecule has 0 bridgehead atoms. The molecule has 1 aliphatic rings. The lowest BCUT2D eigenvalue weighted by atomic mass is 9.77. The number of hydrogen-bond acceptors (Lipinski definition) is 3. The van der Waals surface area contributed by atoms with Crippen LogP contribution in [0.15, 0.2) is 18.3 Å². The van der Waals surface area contributed by atoms with Gasteiger partial charge in [0.15, 0.2) is 11.6 Å². The Morgan fingerprint density at radius 3 is 2.71 bits per heavy atom. The van der Waals surface area contributed by atoms with Gasteiger partial charge in [0.2, 0.25) is 0 Å². The van der Waals surface area contributed by atoms with E-state index in [1.54, 1.807) is 6.20 Å². The third-order valence-corrected chi connectivity index (χ3v) is 4.05. The van der Waals surface area contributed by atoms with E-state index in [0.717, 1.165) is 25.3 Å². The summed E-state index contributed by atoms with van der Waals surface area (Å²) in [5, 5.41) is 0. The van der Waals surface area contributed by atoms with Crippen molar-refractivity contribution in [1.82, 2.24) is 19.9 Å². The number of nitrogens with zero attached hydrogens (tertiary/aromatic N) is 2. The van der Waals surface area contributed by atoms with Crippen LogP contribution < -0.4 is 5.73 Å². The molecule has 1 aliphatic carbocycles. The third-order valence-electron chi connectivity index (χ3n) is 4.05. The minimum absolute atomic E-state index is 0.105. The fourth-order valence-corrected chi connectivity index (χ4v) is 2.66. The summed E-state index contributed by atoms with van der Waals surface area (Å²) in [7, 11) is 0. The highest BCUT2D eigenvalue weighted by Gasteiger charge is 2.37. The molecule has 1 saturated carbocycles. The Hall–Kier alpha value is -2.28. The fourth-order valence-electron chi connectivity index (χ4n) is 2.66. The molecule has 2 aromatic heterocycles. The van der Waals surface area contributed by atoms with Gasteiger partial charge in [-0.05, 0) is 25.3 Å². The van der Waals surface area contributed by atoms with Crippen LogP contribution in [0, 0.1) is 11.6 Å². The molecule has 5 nitrogen and oxygen atoms in total. The Bertz CT molecular complexity index is 831. The molecule has 2 heterocycles. The van der Waals surface area contributed by atoms with E-state index in [1.807, 2.05) is 0 Å². The number of H-pyrrole nitrogens is 2. The van der Waals surface area contributed by atoms with Gasteiger partial charge < -0.3 is 15.7 Å². The lowest BCUT2D eigenvalue weighted by molar-refractivity contribution is 0.240. The summed E-state index contributed by atoms with van der Waals surface area (Å²) in [4.78, 5) is 14.5. The average Bonchev–Trinajstić information content (AvgIpc) is 3.01. The predicted octanol–water partition coefficient (Wildman–Crippen LogP) is 2.57. The number of imidazole rings is 2. The maximum Gasteiger partial charge on any atom is 0.156 e. The van der Waals surface area contributed by atoms with Gasteiger partial charge in [-0.15, -0.1) is 0 Å². The Morgan fingerprint density at radius 2 is 2.00 bits per heavy atom. The number of hydrogen-bond donors (Lipinski definition) is 3. The summed E-state index contributed by atoms with van der Waals surface area (Å²) in [5.74, 6) is -0.218. The highest BCUT2D eigenvalue weighted by atomic mass is 19.1. The normalized spacial score (nSPS) is 17.1. The molecule has 21 heavy (non-hydrogen) atoms. The molecule has 7 heteroatoms. The molecule has 0 amide bonds. The van der Waals surface area contributed by atoms with Crippen LogP contribution >= 0.6 is 0 Å². The molecular weight excluding hydrogens is 276 g/mol. The SMILES string of the molecule is NC1(c2ncc(-c3nc4c(F)cc(F)cc4[nH]3)[nH]2)CCC1. The second kappa shape index (κ2) is 4.11. The fraction of sp³-hybridized carbons (Fsp3) is 0.286. The van der Waals surface area contributed by atoms with Crippen molar-refractivity contribution in [2.45, 2.75) is 24.8 Å². The second-order valence-corrected chi connectivity index (χ2v) is 5.52. The first-order valence-corrected chi connectivity index (χ1v) is 6.75. The molecule has 3 aromatic rings. The molecule has 0 saturated heterocycles. The van der Waals surface area contributed by atoms with Crippen molar-refractivity contribution in [2.75, 3.05) is 0 Å². The first kappa shape index (κ1) is 12.5. The lowest BCUT2D eigenvalue weighted by Gasteiger charge is -2.35. The van der Waals surface area contributed by atoms with Gasteiger partial charge in [-0.25, -0.2) is 18.7 Å². The highest BCUT2D eigenvalue weighted by Crippen LogP contribution is 2.37. The van der Waals surface area contributed by atoms with E-state index in [1.165, 1.54) is 6.07 Å². The number of aromatic nitrogens is 4. The van der Waals surface area contributed by atoms with Crippen LogP contribution in [0.1, 0.15) is 25.1 Å². The summed E-state index contributed by atoms with van der Waals surface area (Å²) >= 11 is 0. The first-order valence-electron chi connectivity index (χ1n) is 6.75. The van der Waals surface area contributed by atoms with E-state index in [-0.39, 0.29) is 5.52 Å². The molecule has 4 N–H and O–H groups in total. The molecule has 0 atom stereocenters. The zero-order valence-corrected chi connectivity index (χ0v) is 11.1. The quantitative estimate of drug-likeness (QED) is 0.678. The van der Waals surface area contributed by atoms with Crippen molar-refractivity contribution in [1.29, 1.82) is 0 Å². The van der Waals surface area contributed by atoms with Crippen molar-refractivity contribution < 1.29 is 8.78 Å². The van der Waals surface area contributed by atoms with E-state index in [0.29, 0.717) is 22.9 Å². The third kappa shape index (κ3) is 1.84. The summed E-state index contributed by atoms with van der Waals surface area (Å²) in [6, 6.07) is 2.02. The Labute approximate surface area is 118 Å². The maximum atomic E-state index is 13.7.